The molecule has 272 valence electrons. The number of carbonyl (C=O) groups is 1. The van der Waals surface area contributed by atoms with Gasteiger partial charge in [0.05, 0.1) is 131 Å². The molecule has 0 fully saturated rings. The highest BCUT2D eigenvalue weighted by Crippen LogP contribution is 1.94. The fraction of sp³-hybridized carbons (Fsp3) is 0.897. The van der Waals surface area contributed by atoms with Crippen LogP contribution in [0.15, 0.2) is 11.3 Å². The number of hydrogen-bond acceptors (Lipinski definition) is 14. The van der Waals surface area contributed by atoms with Gasteiger partial charge in [0.2, 0.25) is 5.91 Å². The maximum atomic E-state index is 11.2. The molecular weight excluding hydrogens is 620 g/mol. The van der Waals surface area contributed by atoms with Gasteiger partial charge < -0.3 is 47.9 Å². The van der Waals surface area contributed by atoms with Crippen molar-refractivity contribution in [3.63, 3.8) is 0 Å². The van der Waals surface area contributed by atoms with Gasteiger partial charge in [0.25, 0.3) is 0 Å². The summed E-state index contributed by atoms with van der Waals surface area (Å²) in [6.07, 6.45) is 2.22. The third kappa shape index (κ3) is 29.4. The number of nitrogens with one attached hydrogen (secondary N) is 1. The Labute approximate surface area is 278 Å². The van der Waals surface area contributed by atoms with Crippen molar-refractivity contribution in [3.05, 3.63) is 22.3 Å². The van der Waals surface area contributed by atoms with Gasteiger partial charge in [-0.25, -0.2) is 4.68 Å². The molecule has 47 heavy (non-hydrogen) atoms. The molecule has 0 aromatic carbocycles. The first-order chi connectivity index (χ1) is 23.2. The zero-order valence-electron chi connectivity index (χ0n) is 28.3. The Morgan fingerprint density at radius 1 is 0.723 bits per heavy atom. The summed E-state index contributed by atoms with van der Waals surface area (Å²) in [4.78, 5) is 16.1. The normalized spacial score (nSPS) is 11.3. The van der Waals surface area contributed by atoms with Crippen molar-refractivity contribution >= 4 is 5.91 Å². The van der Waals surface area contributed by atoms with E-state index < -0.39 is 0 Å². The SMILES string of the molecule is CNC(=O)CCOCCOCCOCCN(CCOCCOCCOCCN=[N+]=[N-])CCOCCOCCOCCn1cc(C)nn1. The molecule has 0 unspecified atom stereocenters. The molecule has 0 aliphatic rings. The number of nitrogens with zero attached hydrogens (tertiary/aromatic N) is 7. The average molecular weight is 677 g/mol. The van der Waals surface area contributed by atoms with Crippen molar-refractivity contribution in [1.82, 2.24) is 25.2 Å². The van der Waals surface area contributed by atoms with Gasteiger partial charge in [-0.3, -0.25) is 9.69 Å². The largest absolute Gasteiger partial charge is 0.379 e. The summed E-state index contributed by atoms with van der Waals surface area (Å²) in [5, 5.41) is 13.9. The average Bonchev–Trinajstić information content (AvgIpc) is 3.50. The molecule has 0 atom stereocenters. The molecule has 18 nitrogen and oxygen atoms in total. The van der Waals surface area contributed by atoms with Gasteiger partial charge in [0.1, 0.15) is 0 Å². The molecule has 0 aliphatic heterocycles. The predicted molar refractivity (Wildman–Crippen MR) is 171 cm³/mol. The van der Waals surface area contributed by atoms with E-state index in [1.807, 2.05) is 13.1 Å². The third-order valence-corrected chi connectivity index (χ3v) is 6.16. The van der Waals surface area contributed by atoms with Crippen molar-refractivity contribution in [2.75, 3.05) is 152 Å². The molecule has 1 heterocycles. The van der Waals surface area contributed by atoms with Crippen LogP contribution in [0.4, 0.5) is 0 Å². The topological polar surface area (TPSA) is 195 Å². The summed E-state index contributed by atoms with van der Waals surface area (Å²) < 4.78 is 51.8. The lowest BCUT2D eigenvalue weighted by Crippen LogP contribution is -2.34. The summed E-state index contributed by atoms with van der Waals surface area (Å²) >= 11 is 0. The smallest absolute Gasteiger partial charge is 0.222 e. The van der Waals surface area contributed by atoms with Gasteiger partial charge in [0, 0.05) is 50.8 Å². The van der Waals surface area contributed by atoms with Gasteiger partial charge in [0.15, 0.2) is 0 Å². The summed E-state index contributed by atoms with van der Waals surface area (Å²) in [6, 6.07) is 0. The minimum absolute atomic E-state index is 0.0449. The van der Waals surface area contributed by atoms with Crippen molar-refractivity contribution in [2.45, 2.75) is 19.9 Å². The van der Waals surface area contributed by atoms with Crippen molar-refractivity contribution in [3.8, 4) is 0 Å². The van der Waals surface area contributed by atoms with E-state index in [2.05, 4.69) is 30.6 Å². The van der Waals surface area contributed by atoms with E-state index in [1.54, 1.807) is 11.7 Å². The van der Waals surface area contributed by atoms with E-state index in [0.29, 0.717) is 138 Å². The van der Waals surface area contributed by atoms with Crippen LogP contribution in [0, 0.1) is 6.92 Å². The first-order valence-electron chi connectivity index (χ1n) is 16.2. The van der Waals surface area contributed by atoms with Gasteiger partial charge in [-0.15, -0.1) is 5.10 Å². The maximum Gasteiger partial charge on any atom is 0.222 e. The standard InChI is InChI=1S/C29H56N8O10/c1-28-27-37(35-33-28)8-14-44-20-26-47-25-19-43-13-7-36(6-12-42-18-24-46-22-16-40-10-4-32-34-30)5-11-41-17-23-45-21-15-39-9-3-29(38)31-2/h27H,3-26H2,1-2H3,(H,31,38). The monoisotopic (exact) mass is 676 g/mol. The molecule has 0 bridgehead atoms. The fourth-order valence-corrected chi connectivity index (χ4v) is 3.64. The van der Waals surface area contributed by atoms with E-state index in [0.717, 1.165) is 25.3 Å². The highest BCUT2D eigenvalue weighted by molar-refractivity contribution is 5.75. The zero-order valence-corrected chi connectivity index (χ0v) is 28.3. The minimum Gasteiger partial charge on any atom is -0.379 e. The molecule has 1 aromatic heterocycles. The van der Waals surface area contributed by atoms with Crippen LogP contribution in [0.1, 0.15) is 12.1 Å². The van der Waals surface area contributed by atoms with E-state index in [4.69, 9.17) is 48.2 Å². The Balaban J connectivity index is 2.10. The number of aromatic nitrogens is 3. The molecule has 1 N–H and O–H groups in total. The van der Waals surface area contributed by atoms with Gasteiger partial charge in [-0.05, 0) is 12.5 Å². The van der Waals surface area contributed by atoms with Crippen LogP contribution >= 0.6 is 0 Å². The number of aryl methyl sites for hydroxylation is 1. The fourth-order valence-electron chi connectivity index (χ4n) is 3.64. The lowest BCUT2D eigenvalue weighted by molar-refractivity contribution is -0.121. The molecule has 0 saturated carbocycles. The van der Waals surface area contributed by atoms with Crippen LogP contribution in [0.3, 0.4) is 0 Å². The van der Waals surface area contributed by atoms with Crippen LogP contribution in [0.5, 0.6) is 0 Å². The lowest BCUT2D eigenvalue weighted by Gasteiger charge is -2.22. The van der Waals surface area contributed by atoms with Crippen molar-refractivity contribution in [2.24, 2.45) is 5.11 Å². The molecule has 18 heteroatoms. The summed E-state index contributed by atoms with van der Waals surface area (Å²) in [5.74, 6) is -0.0449. The molecule has 0 aliphatic carbocycles. The van der Waals surface area contributed by atoms with Gasteiger partial charge in [-0.2, -0.15) is 0 Å². The Morgan fingerprint density at radius 2 is 1.15 bits per heavy atom. The highest BCUT2D eigenvalue weighted by Gasteiger charge is 2.06. The van der Waals surface area contributed by atoms with Crippen LogP contribution in [-0.4, -0.2) is 178 Å². The number of amides is 1. The Kier molecular flexibility index (Phi) is 30.3. The second-order valence-electron chi connectivity index (χ2n) is 9.85. The number of ether oxygens (including phenoxy) is 9. The number of rotatable bonds is 36. The highest BCUT2D eigenvalue weighted by atomic mass is 16.6. The third-order valence-electron chi connectivity index (χ3n) is 6.16. The van der Waals surface area contributed by atoms with E-state index in [1.165, 1.54) is 0 Å². The molecule has 1 rings (SSSR count). The van der Waals surface area contributed by atoms with Gasteiger partial charge >= 0.3 is 0 Å². The van der Waals surface area contributed by atoms with Crippen LogP contribution < -0.4 is 5.32 Å². The predicted octanol–water partition coefficient (Wildman–Crippen LogP) is 0.484. The second kappa shape index (κ2) is 33.4. The molecule has 1 aromatic rings. The lowest BCUT2D eigenvalue weighted by atomic mass is 10.4. The first kappa shape index (κ1) is 42.5. The molecule has 1 amide bonds. The second-order valence-corrected chi connectivity index (χ2v) is 9.85. The molecule has 0 radical (unpaired) electrons. The quantitative estimate of drug-likeness (QED) is 0.0447. The van der Waals surface area contributed by atoms with E-state index in [-0.39, 0.29) is 5.91 Å². The minimum atomic E-state index is -0.0449. The molecular formula is C29H56N8O10. The zero-order chi connectivity index (χ0) is 33.9. The summed E-state index contributed by atoms with van der Waals surface area (Å²) in [6.45, 7) is 13.7. The summed E-state index contributed by atoms with van der Waals surface area (Å²) in [7, 11) is 1.60. The molecule has 0 saturated heterocycles. The van der Waals surface area contributed by atoms with Crippen molar-refractivity contribution in [1.29, 1.82) is 0 Å². The van der Waals surface area contributed by atoms with Gasteiger partial charge in [-0.1, -0.05) is 10.3 Å². The maximum absolute atomic E-state index is 11.2. The number of hydrogen-bond donors (Lipinski definition) is 1. The van der Waals surface area contributed by atoms with Crippen molar-refractivity contribution < 1.29 is 47.4 Å². The Morgan fingerprint density at radius 3 is 1.57 bits per heavy atom. The Hall–Kier alpha value is -2.48. The van der Waals surface area contributed by atoms with Crippen LogP contribution in [0.2, 0.25) is 0 Å². The molecule has 0 spiro atoms. The first-order valence-corrected chi connectivity index (χ1v) is 16.2. The van der Waals surface area contributed by atoms with E-state index in [9.17, 15) is 4.79 Å². The Bertz CT molecular complexity index is 895. The van der Waals surface area contributed by atoms with E-state index >= 15 is 0 Å². The van der Waals surface area contributed by atoms with Crippen LogP contribution in [-0.2, 0) is 54.0 Å². The number of carbonyl (C=O) groups excluding carboxylic acids is 1. The summed E-state index contributed by atoms with van der Waals surface area (Å²) in [5.41, 5.74) is 9.11. The van der Waals surface area contributed by atoms with Crippen LogP contribution in [0.25, 0.3) is 10.4 Å². The number of azide groups is 1.